The van der Waals surface area contributed by atoms with E-state index in [2.05, 4.69) is 33.4 Å². The van der Waals surface area contributed by atoms with E-state index in [1.165, 1.54) is 31.5 Å². The van der Waals surface area contributed by atoms with Gasteiger partial charge in [-0.2, -0.15) is 0 Å². The summed E-state index contributed by atoms with van der Waals surface area (Å²) in [4.78, 5) is 77.8. The molecule has 2 rings (SSSR count). The van der Waals surface area contributed by atoms with Crippen LogP contribution in [-0.4, -0.2) is 70.3 Å². The molecule has 274 valence electrons. The Balaban J connectivity index is 2.05. The molecule has 5 N–H and O–H groups in total. The summed E-state index contributed by atoms with van der Waals surface area (Å²) in [6.45, 7) is 11.3. The Kier molecular flexibility index (Phi) is 16.6. The Hall–Kier alpha value is -4.74. The van der Waals surface area contributed by atoms with E-state index in [1.807, 2.05) is 18.2 Å². The summed E-state index contributed by atoms with van der Waals surface area (Å²) in [6, 6.07) is 11.9. The highest BCUT2D eigenvalue weighted by Crippen LogP contribution is 2.14. The number of phenolic OH excluding ortho intramolecular Hbond substituents is 1. The largest absolute Gasteiger partial charge is 0.508 e. The van der Waals surface area contributed by atoms with Gasteiger partial charge < -0.3 is 31.1 Å². The van der Waals surface area contributed by atoms with Crippen LogP contribution in [0.25, 0.3) is 0 Å². The second-order valence-corrected chi connectivity index (χ2v) is 13.9. The zero-order chi connectivity index (χ0) is 37.4. The van der Waals surface area contributed by atoms with Gasteiger partial charge in [-0.25, -0.2) is 0 Å². The minimum atomic E-state index is -1.15. The summed E-state index contributed by atoms with van der Waals surface area (Å²) < 4.78 is 5.41. The van der Waals surface area contributed by atoms with E-state index >= 15 is 0 Å². The molecule has 0 bridgehead atoms. The second-order valence-electron chi connectivity index (χ2n) is 13.9. The predicted molar refractivity (Wildman–Crippen MR) is 190 cm³/mol. The number of Topliss-reactive ketones (excluding diaryl/α,β-unsaturated/α-hetero) is 1. The van der Waals surface area contributed by atoms with Crippen LogP contribution < -0.4 is 21.3 Å². The first-order chi connectivity index (χ1) is 23.4. The first kappa shape index (κ1) is 41.4. The smallest absolute Gasteiger partial charge is 0.308 e. The zero-order valence-corrected chi connectivity index (χ0v) is 30.3. The van der Waals surface area contributed by atoms with Crippen molar-refractivity contribution in [1.29, 1.82) is 0 Å². The van der Waals surface area contributed by atoms with Gasteiger partial charge in [-0.1, -0.05) is 62.7 Å². The number of rotatable bonds is 19. The maximum Gasteiger partial charge on any atom is 0.308 e. The average Bonchev–Trinajstić information content (AvgIpc) is 3.02. The van der Waals surface area contributed by atoms with Crippen molar-refractivity contribution >= 4 is 35.4 Å². The van der Waals surface area contributed by atoms with Gasteiger partial charge in [0.05, 0.1) is 12.5 Å². The van der Waals surface area contributed by atoms with Gasteiger partial charge >= 0.3 is 5.97 Å². The molecule has 2 aromatic carbocycles. The molecule has 4 amide bonds. The Bertz CT molecular complexity index is 1440. The van der Waals surface area contributed by atoms with Crippen LogP contribution in [0.2, 0.25) is 0 Å². The van der Waals surface area contributed by atoms with Crippen molar-refractivity contribution in [3.05, 3.63) is 65.7 Å². The molecular formula is C38H54N4O8. The van der Waals surface area contributed by atoms with Gasteiger partial charge in [-0.05, 0) is 76.1 Å². The van der Waals surface area contributed by atoms with E-state index in [9.17, 15) is 33.9 Å². The number of phenols is 1. The normalized spacial score (nSPS) is 13.7. The number of hydrogen-bond donors (Lipinski definition) is 5. The van der Waals surface area contributed by atoms with Crippen LogP contribution in [0.3, 0.4) is 0 Å². The molecular weight excluding hydrogens is 640 g/mol. The molecule has 0 saturated carbocycles. The maximum absolute atomic E-state index is 13.4. The van der Waals surface area contributed by atoms with Crippen LogP contribution in [0, 0.1) is 5.92 Å². The van der Waals surface area contributed by atoms with Crippen molar-refractivity contribution in [2.75, 3.05) is 0 Å². The lowest BCUT2D eigenvalue weighted by atomic mass is 10.00. The minimum absolute atomic E-state index is 0.0547. The summed E-state index contributed by atoms with van der Waals surface area (Å²) in [5, 5.41) is 20.1. The fraction of sp³-hybridized carbons (Fsp3) is 0.526. The van der Waals surface area contributed by atoms with Crippen LogP contribution in [0.1, 0.15) is 91.7 Å². The topological polar surface area (TPSA) is 180 Å². The third-order valence-corrected chi connectivity index (χ3v) is 7.80. The number of carbonyl (C=O) groups excluding carboxylic acids is 6. The standard InChI is InChI=1S/C38H54N4O8/c1-24(2)34(42-36(48)31(40-26(4)43)22-28-18-20-29(44)21-19-28)37(49)39-25(3)35(47)41-30(23-33(46)50-38(5,6)7)32(45)17-13-9-12-16-27-14-10-8-11-15-27/h8,10-11,14-15,18-21,24-25,30-31,34,44H,9,12-13,16-17,22-23H2,1-7H3,(H,39,49)(H,40,43)(H,41,47)(H,42,48)/t25-,30?,31-,34-/m0/s1. The lowest BCUT2D eigenvalue weighted by molar-refractivity contribution is -0.156. The molecule has 0 heterocycles. The van der Waals surface area contributed by atoms with Gasteiger partial charge in [0, 0.05) is 19.8 Å². The van der Waals surface area contributed by atoms with Crippen LogP contribution >= 0.6 is 0 Å². The monoisotopic (exact) mass is 694 g/mol. The zero-order valence-electron chi connectivity index (χ0n) is 30.3. The Morgan fingerprint density at radius 1 is 0.720 bits per heavy atom. The quantitative estimate of drug-likeness (QED) is 0.109. The van der Waals surface area contributed by atoms with E-state index in [0.717, 1.165) is 19.3 Å². The van der Waals surface area contributed by atoms with E-state index in [-0.39, 0.29) is 30.8 Å². The van der Waals surface area contributed by atoms with E-state index in [1.54, 1.807) is 46.8 Å². The molecule has 0 aromatic heterocycles. The summed E-state index contributed by atoms with van der Waals surface area (Å²) in [5.41, 5.74) is 1.10. The van der Waals surface area contributed by atoms with E-state index in [4.69, 9.17) is 4.74 Å². The van der Waals surface area contributed by atoms with Crippen molar-refractivity contribution in [2.45, 2.75) is 123 Å². The molecule has 0 spiro atoms. The molecule has 2 aromatic rings. The number of hydrogen-bond acceptors (Lipinski definition) is 8. The predicted octanol–water partition coefficient (Wildman–Crippen LogP) is 3.67. The number of ether oxygens (including phenoxy) is 1. The lowest BCUT2D eigenvalue weighted by Crippen LogP contribution is -2.58. The van der Waals surface area contributed by atoms with Gasteiger partial charge in [0.15, 0.2) is 5.78 Å². The van der Waals surface area contributed by atoms with E-state index in [0.29, 0.717) is 12.0 Å². The summed E-state index contributed by atoms with van der Waals surface area (Å²) in [7, 11) is 0. The van der Waals surface area contributed by atoms with Gasteiger partial charge in [0.2, 0.25) is 23.6 Å². The molecule has 0 aliphatic carbocycles. The lowest BCUT2D eigenvalue weighted by Gasteiger charge is -2.27. The average molecular weight is 695 g/mol. The molecule has 1 unspecified atom stereocenters. The van der Waals surface area contributed by atoms with Crippen molar-refractivity contribution in [3.8, 4) is 5.75 Å². The first-order valence-electron chi connectivity index (χ1n) is 17.2. The van der Waals surface area contributed by atoms with Crippen molar-refractivity contribution in [1.82, 2.24) is 21.3 Å². The van der Waals surface area contributed by atoms with Crippen LogP contribution in [-0.2, 0) is 46.3 Å². The summed E-state index contributed by atoms with van der Waals surface area (Å²) in [6.07, 6.45) is 3.05. The van der Waals surface area contributed by atoms with Gasteiger partial charge in [-0.15, -0.1) is 0 Å². The highest BCUT2D eigenvalue weighted by Gasteiger charge is 2.32. The van der Waals surface area contributed by atoms with Gasteiger partial charge in [0.1, 0.15) is 29.5 Å². The number of aromatic hydroxyl groups is 1. The number of esters is 1. The molecule has 12 nitrogen and oxygen atoms in total. The number of ketones is 1. The molecule has 4 atom stereocenters. The third-order valence-electron chi connectivity index (χ3n) is 7.80. The number of aryl methyl sites for hydroxylation is 1. The fourth-order valence-corrected chi connectivity index (χ4v) is 5.20. The van der Waals surface area contributed by atoms with Crippen molar-refractivity contribution in [2.24, 2.45) is 5.92 Å². The SMILES string of the molecule is CC(=O)N[C@@H](Cc1ccc(O)cc1)C(=O)N[C@H](C(=O)N[C@@H](C)C(=O)NC(CC(=O)OC(C)(C)C)C(=O)CCCCCc1ccccc1)C(C)C. The highest BCUT2D eigenvalue weighted by atomic mass is 16.6. The first-order valence-corrected chi connectivity index (χ1v) is 17.2. The summed E-state index contributed by atoms with van der Waals surface area (Å²) >= 11 is 0. The molecule has 0 aliphatic rings. The molecule has 0 radical (unpaired) electrons. The minimum Gasteiger partial charge on any atom is -0.508 e. The van der Waals surface area contributed by atoms with Crippen LogP contribution in [0.4, 0.5) is 0 Å². The number of amides is 4. The number of nitrogens with one attached hydrogen (secondary N) is 4. The van der Waals surface area contributed by atoms with Crippen molar-refractivity contribution < 1.29 is 38.6 Å². The Morgan fingerprint density at radius 3 is 1.94 bits per heavy atom. The third kappa shape index (κ3) is 15.7. The molecule has 50 heavy (non-hydrogen) atoms. The number of carbonyl (C=O) groups is 6. The molecule has 12 heteroatoms. The summed E-state index contributed by atoms with van der Waals surface area (Å²) in [5.74, 6) is -3.66. The van der Waals surface area contributed by atoms with Gasteiger partial charge in [0.25, 0.3) is 0 Å². The number of unbranched alkanes of at least 4 members (excludes halogenated alkanes) is 2. The second kappa shape index (κ2) is 20.1. The maximum atomic E-state index is 13.4. The van der Waals surface area contributed by atoms with Crippen LogP contribution in [0.15, 0.2) is 54.6 Å². The van der Waals surface area contributed by atoms with Gasteiger partial charge in [-0.3, -0.25) is 28.8 Å². The fourth-order valence-electron chi connectivity index (χ4n) is 5.20. The molecule has 0 fully saturated rings. The van der Waals surface area contributed by atoms with Crippen LogP contribution in [0.5, 0.6) is 5.75 Å². The molecule has 0 saturated heterocycles. The Labute approximate surface area is 295 Å². The van der Waals surface area contributed by atoms with E-state index < -0.39 is 65.3 Å². The molecule has 0 aliphatic heterocycles. The van der Waals surface area contributed by atoms with Crippen molar-refractivity contribution in [3.63, 3.8) is 0 Å². The Morgan fingerprint density at radius 2 is 1.36 bits per heavy atom. The number of benzene rings is 2. The highest BCUT2D eigenvalue weighted by molar-refractivity contribution is 5.96.